The lowest BCUT2D eigenvalue weighted by Crippen LogP contribution is -2.30. The third kappa shape index (κ3) is 5.26. The van der Waals surface area contributed by atoms with Gasteiger partial charge in [0.1, 0.15) is 18.1 Å². The Bertz CT molecular complexity index is 1020. The Hall–Kier alpha value is -3.61. The number of amides is 1. The zero-order valence-electron chi connectivity index (χ0n) is 17.4. The molecular weight excluding hydrogens is 384 g/mol. The zero-order valence-corrected chi connectivity index (χ0v) is 17.4. The lowest BCUT2D eigenvalue weighted by Gasteiger charge is -2.14. The number of esters is 1. The fraction of sp³-hybridized carbons (Fsp3) is 0.261. The highest BCUT2D eigenvalue weighted by Crippen LogP contribution is 2.19. The molecule has 0 aliphatic rings. The minimum absolute atomic E-state index is 0.273. The van der Waals surface area contributed by atoms with Crippen LogP contribution in [0, 0.1) is 20.8 Å². The predicted molar refractivity (Wildman–Crippen MR) is 111 cm³/mol. The summed E-state index contributed by atoms with van der Waals surface area (Å²) in [4.78, 5) is 24.8. The molecule has 7 nitrogen and oxygen atoms in total. The van der Waals surface area contributed by atoms with E-state index in [-0.39, 0.29) is 6.61 Å². The van der Waals surface area contributed by atoms with Gasteiger partial charge in [-0.15, -0.1) is 0 Å². The highest BCUT2D eigenvalue weighted by Gasteiger charge is 2.19. The van der Waals surface area contributed by atoms with Crippen molar-refractivity contribution in [2.45, 2.75) is 40.4 Å². The molecule has 0 bridgehead atoms. The van der Waals surface area contributed by atoms with E-state index in [4.69, 9.17) is 14.0 Å². The van der Waals surface area contributed by atoms with Crippen molar-refractivity contribution in [1.82, 2.24) is 5.16 Å². The third-order valence-electron chi connectivity index (χ3n) is 4.61. The topological polar surface area (TPSA) is 90.7 Å². The molecule has 0 saturated heterocycles. The van der Waals surface area contributed by atoms with Gasteiger partial charge in [-0.05, 0) is 58.0 Å². The number of hydrogen-bond acceptors (Lipinski definition) is 6. The van der Waals surface area contributed by atoms with Gasteiger partial charge < -0.3 is 19.3 Å². The smallest absolute Gasteiger partial charge is 0.339 e. The van der Waals surface area contributed by atoms with E-state index in [1.807, 2.05) is 32.9 Å². The molecule has 7 heteroatoms. The summed E-state index contributed by atoms with van der Waals surface area (Å²) in [7, 11) is 0. The molecule has 2 aromatic carbocycles. The van der Waals surface area contributed by atoms with Crippen LogP contribution in [0.5, 0.6) is 5.75 Å². The van der Waals surface area contributed by atoms with Gasteiger partial charge in [0.15, 0.2) is 6.10 Å². The van der Waals surface area contributed by atoms with Crippen LogP contribution in [-0.2, 0) is 16.1 Å². The molecule has 0 unspecified atom stereocenters. The Morgan fingerprint density at radius 2 is 1.83 bits per heavy atom. The Labute approximate surface area is 175 Å². The first-order valence-corrected chi connectivity index (χ1v) is 9.56. The van der Waals surface area contributed by atoms with Crippen LogP contribution in [0.25, 0.3) is 0 Å². The molecule has 1 atom stereocenters. The number of anilines is 1. The molecule has 0 fully saturated rings. The van der Waals surface area contributed by atoms with Gasteiger partial charge in [0, 0.05) is 5.69 Å². The van der Waals surface area contributed by atoms with Crippen LogP contribution in [0.3, 0.4) is 0 Å². The second kappa shape index (κ2) is 9.26. The van der Waals surface area contributed by atoms with E-state index >= 15 is 0 Å². The Kier molecular flexibility index (Phi) is 6.51. The highest BCUT2D eigenvalue weighted by atomic mass is 16.5. The Morgan fingerprint density at radius 1 is 1.10 bits per heavy atom. The van der Waals surface area contributed by atoms with Crippen LogP contribution < -0.4 is 10.1 Å². The molecule has 1 aromatic heterocycles. The van der Waals surface area contributed by atoms with Gasteiger partial charge >= 0.3 is 5.97 Å². The zero-order chi connectivity index (χ0) is 21.7. The van der Waals surface area contributed by atoms with E-state index in [0.717, 1.165) is 16.8 Å². The van der Waals surface area contributed by atoms with Gasteiger partial charge in [0.2, 0.25) is 0 Å². The summed E-state index contributed by atoms with van der Waals surface area (Å²) >= 11 is 0. The minimum atomic E-state index is -0.953. The molecule has 0 saturated carbocycles. The Balaban J connectivity index is 1.58. The summed E-state index contributed by atoms with van der Waals surface area (Å²) in [5.41, 5.74) is 3.65. The Morgan fingerprint density at radius 3 is 2.50 bits per heavy atom. The second-order valence-electron chi connectivity index (χ2n) is 7.02. The van der Waals surface area contributed by atoms with Crippen LogP contribution in [0.2, 0.25) is 0 Å². The SMILES string of the molecule is Cc1ccc(NC(=O)[C@@H](C)OC(=O)c2cccc(OCc3c(C)noc3C)c2)cc1. The maximum Gasteiger partial charge on any atom is 0.339 e. The van der Waals surface area contributed by atoms with Crippen LogP contribution in [0.1, 0.15) is 39.9 Å². The van der Waals surface area contributed by atoms with Gasteiger partial charge in [-0.2, -0.15) is 0 Å². The minimum Gasteiger partial charge on any atom is -0.489 e. The summed E-state index contributed by atoms with van der Waals surface area (Å²) in [5, 5.41) is 6.62. The van der Waals surface area contributed by atoms with Gasteiger partial charge in [0.25, 0.3) is 5.91 Å². The van der Waals surface area contributed by atoms with Crippen LogP contribution in [0.4, 0.5) is 5.69 Å². The van der Waals surface area contributed by atoms with E-state index in [0.29, 0.717) is 22.8 Å². The number of nitrogens with zero attached hydrogens (tertiary/aromatic N) is 1. The molecule has 1 amide bonds. The first-order chi connectivity index (χ1) is 14.3. The van der Waals surface area contributed by atoms with Crippen LogP contribution in [0.15, 0.2) is 53.1 Å². The normalized spacial score (nSPS) is 11.6. The predicted octanol–water partition coefficient (Wildman–Crippen LogP) is 4.36. The van der Waals surface area contributed by atoms with E-state index in [1.165, 1.54) is 6.92 Å². The lowest BCUT2D eigenvalue weighted by molar-refractivity contribution is -0.123. The van der Waals surface area contributed by atoms with Gasteiger partial charge in [-0.3, -0.25) is 4.79 Å². The summed E-state index contributed by atoms with van der Waals surface area (Å²) in [6.45, 7) is 7.41. The number of benzene rings is 2. The number of hydrogen-bond donors (Lipinski definition) is 1. The molecule has 30 heavy (non-hydrogen) atoms. The van der Waals surface area contributed by atoms with Crippen molar-refractivity contribution in [2.75, 3.05) is 5.32 Å². The molecule has 1 heterocycles. The van der Waals surface area contributed by atoms with Crippen molar-refractivity contribution >= 4 is 17.6 Å². The van der Waals surface area contributed by atoms with Crippen molar-refractivity contribution in [3.63, 3.8) is 0 Å². The number of ether oxygens (including phenoxy) is 2. The monoisotopic (exact) mass is 408 g/mol. The number of carbonyl (C=O) groups excluding carboxylic acids is 2. The van der Waals surface area contributed by atoms with Crippen molar-refractivity contribution in [3.05, 3.63) is 76.7 Å². The summed E-state index contributed by atoms with van der Waals surface area (Å²) in [6, 6.07) is 14.0. The molecule has 0 aliphatic heterocycles. The van der Waals surface area contributed by atoms with Gasteiger partial charge in [-0.25, -0.2) is 4.79 Å². The number of rotatable bonds is 7. The quantitative estimate of drug-likeness (QED) is 0.584. The molecule has 0 aliphatic carbocycles. The summed E-state index contributed by atoms with van der Waals surface area (Å²) < 4.78 is 16.2. The molecule has 0 radical (unpaired) electrons. The van der Waals surface area contributed by atoms with E-state index in [1.54, 1.807) is 36.4 Å². The maximum atomic E-state index is 12.5. The average molecular weight is 408 g/mol. The lowest BCUT2D eigenvalue weighted by atomic mass is 10.2. The first-order valence-electron chi connectivity index (χ1n) is 9.56. The highest BCUT2D eigenvalue weighted by molar-refractivity contribution is 5.97. The second-order valence-corrected chi connectivity index (χ2v) is 7.02. The number of nitrogens with one attached hydrogen (secondary N) is 1. The van der Waals surface area contributed by atoms with Crippen molar-refractivity contribution in [2.24, 2.45) is 0 Å². The number of aromatic nitrogens is 1. The van der Waals surface area contributed by atoms with Gasteiger partial charge in [0.05, 0.1) is 16.8 Å². The van der Waals surface area contributed by atoms with E-state index in [2.05, 4.69) is 10.5 Å². The standard InChI is InChI=1S/C23H24N2O5/c1-14-8-10-19(11-9-14)24-22(26)17(4)29-23(27)18-6-5-7-20(12-18)28-13-21-15(2)25-30-16(21)3/h5-12,17H,13H2,1-4H3,(H,24,26)/t17-/m1/s1. The van der Waals surface area contributed by atoms with E-state index in [9.17, 15) is 9.59 Å². The summed E-state index contributed by atoms with van der Waals surface area (Å²) in [6.07, 6.45) is -0.953. The fourth-order valence-electron chi connectivity index (χ4n) is 2.74. The molecule has 1 N–H and O–H groups in total. The van der Waals surface area contributed by atoms with Crippen LogP contribution in [-0.4, -0.2) is 23.1 Å². The molecule has 3 aromatic rings. The largest absolute Gasteiger partial charge is 0.489 e. The first kappa shape index (κ1) is 21.1. The summed E-state index contributed by atoms with van der Waals surface area (Å²) in [5.74, 6) is 0.181. The number of aryl methyl sites for hydroxylation is 3. The van der Waals surface area contributed by atoms with Gasteiger partial charge in [-0.1, -0.05) is 28.9 Å². The number of carbonyl (C=O) groups is 2. The van der Waals surface area contributed by atoms with Crippen molar-refractivity contribution in [3.8, 4) is 5.75 Å². The maximum absolute atomic E-state index is 12.5. The molecule has 156 valence electrons. The molecular formula is C23H24N2O5. The average Bonchev–Trinajstić information content (AvgIpc) is 3.05. The third-order valence-corrected chi connectivity index (χ3v) is 4.61. The van der Waals surface area contributed by atoms with Crippen molar-refractivity contribution < 1.29 is 23.6 Å². The molecule has 3 rings (SSSR count). The van der Waals surface area contributed by atoms with Crippen molar-refractivity contribution in [1.29, 1.82) is 0 Å². The molecule has 0 spiro atoms. The van der Waals surface area contributed by atoms with Crippen LogP contribution >= 0.6 is 0 Å². The van der Waals surface area contributed by atoms with E-state index < -0.39 is 18.0 Å². The fourth-order valence-corrected chi connectivity index (χ4v) is 2.74.